The second-order valence-electron chi connectivity index (χ2n) is 11.0. The molecule has 0 N–H and O–H groups in total. The summed E-state index contributed by atoms with van der Waals surface area (Å²) in [5.74, 6) is 1.77. The molecule has 1 amide bonds. The molecule has 2 aromatic carbocycles. The van der Waals surface area contributed by atoms with E-state index >= 15 is 0 Å². The van der Waals surface area contributed by atoms with Gasteiger partial charge in [0.2, 0.25) is 12.7 Å². The van der Waals surface area contributed by atoms with Crippen LogP contribution in [0.15, 0.2) is 42.5 Å². The molecular weight excluding hydrogens is 500 g/mol. The first-order chi connectivity index (χ1) is 19.5. The SMILES string of the molecule is CCN(CC)CCCn1c(C)c(/C=C/C(=O)N2CCN(CCc3ccc4c(c3)OCO4)CC2)c2cc(C)ccc21. The topological polar surface area (TPSA) is 50.2 Å². The van der Waals surface area contributed by atoms with Crippen molar-refractivity contribution in [2.45, 2.75) is 47.1 Å². The van der Waals surface area contributed by atoms with Crippen molar-refractivity contribution < 1.29 is 14.3 Å². The first-order valence-electron chi connectivity index (χ1n) is 14.9. The van der Waals surface area contributed by atoms with Crippen LogP contribution in [-0.2, 0) is 17.8 Å². The Labute approximate surface area is 238 Å². The molecule has 7 nitrogen and oxygen atoms in total. The number of hydrogen-bond acceptors (Lipinski definition) is 5. The van der Waals surface area contributed by atoms with E-state index in [-0.39, 0.29) is 5.91 Å². The molecule has 3 aromatic rings. The molecule has 2 aliphatic rings. The molecule has 1 saturated heterocycles. The summed E-state index contributed by atoms with van der Waals surface area (Å²) in [6, 6.07) is 12.9. The zero-order valence-corrected chi connectivity index (χ0v) is 24.6. The summed E-state index contributed by atoms with van der Waals surface area (Å²) in [5, 5.41) is 1.23. The summed E-state index contributed by atoms with van der Waals surface area (Å²) in [5.41, 5.74) is 6.15. The number of carbonyl (C=O) groups is 1. The molecule has 7 heteroatoms. The van der Waals surface area contributed by atoms with E-state index in [4.69, 9.17) is 9.47 Å². The van der Waals surface area contributed by atoms with E-state index in [0.717, 1.165) is 88.8 Å². The van der Waals surface area contributed by atoms with Crippen molar-refractivity contribution in [3.63, 3.8) is 0 Å². The Morgan fingerprint density at radius 3 is 2.50 bits per heavy atom. The van der Waals surface area contributed by atoms with Gasteiger partial charge < -0.3 is 23.8 Å². The van der Waals surface area contributed by atoms with Crippen LogP contribution in [0.3, 0.4) is 0 Å². The molecule has 0 unspecified atom stereocenters. The normalized spacial score (nSPS) is 15.7. The number of ether oxygens (including phenoxy) is 2. The van der Waals surface area contributed by atoms with Crippen molar-refractivity contribution in [3.8, 4) is 11.5 Å². The third-order valence-electron chi connectivity index (χ3n) is 8.51. The van der Waals surface area contributed by atoms with Crippen LogP contribution in [0, 0.1) is 13.8 Å². The van der Waals surface area contributed by atoms with E-state index in [1.807, 2.05) is 17.0 Å². The number of hydrogen-bond donors (Lipinski definition) is 0. The quantitative estimate of drug-likeness (QED) is 0.314. The Morgan fingerprint density at radius 1 is 0.950 bits per heavy atom. The number of aromatic nitrogens is 1. The average molecular weight is 545 g/mol. The van der Waals surface area contributed by atoms with Gasteiger partial charge in [-0.15, -0.1) is 0 Å². The number of carbonyl (C=O) groups excluding carboxylic acids is 1. The molecule has 5 rings (SSSR count). The van der Waals surface area contributed by atoms with E-state index < -0.39 is 0 Å². The number of piperazine rings is 1. The first-order valence-corrected chi connectivity index (χ1v) is 14.9. The van der Waals surface area contributed by atoms with Gasteiger partial charge >= 0.3 is 0 Å². The monoisotopic (exact) mass is 544 g/mol. The van der Waals surface area contributed by atoms with Gasteiger partial charge in [0, 0.05) is 67.5 Å². The van der Waals surface area contributed by atoms with Gasteiger partial charge in [0.25, 0.3) is 0 Å². The molecule has 1 aromatic heterocycles. The van der Waals surface area contributed by atoms with E-state index in [0.29, 0.717) is 6.79 Å². The van der Waals surface area contributed by atoms with Gasteiger partial charge in [-0.2, -0.15) is 0 Å². The fourth-order valence-electron chi connectivity index (χ4n) is 5.95. The summed E-state index contributed by atoms with van der Waals surface area (Å²) in [6.07, 6.45) is 5.91. The second kappa shape index (κ2) is 12.9. The number of rotatable bonds is 11. The van der Waals surface area contributed by atoms with Gasteiger partial charge in [0.1, 0.15) is 0 Å². The smallest absolute Gasteiger partial charge is 0.246 e. The van der Waals surface area contributed by atoms with Crippen molar-refractivity contribution in [1.29, 1.82) is 0 Å². The van der Waals surface area contributed by atoms with Crippen molar-refractivity contribution in [2.75, 3.05) is 59.2 Å². The van der Waals surface area contributed by atoms with Gasteiger partial charge in [0.05, 0.1) is 0 Å². The molecule has 0 bridgehead atoms. The lowest BCUT2D eigenvalue weighted by atomic mass is 10.1. The van der Waals surface area contributed by atoms with Crippen LogP contribution < -0.4 is 9.47 Å². The maximum Gasteiger partial charge on any atom is 0.246 e. The van der Waals surface area contributed by atoms with E-state index in [2.05, 4.69) is 72.4 Å². The molecule has 3 heterocycles. The molecule has 0 spiro atoms. The molecule has 1 fully saturated rings. The highest BCUT2D eigenvalue weighted by Gasteiger charge is 2.21. The Balaban J connectivity index is 1.18. The van der Waals surface area contributed by atoms with Gasteiger partial charge in [-0.3, -0.25) is 9.69 Å². The Morgan fingerprint density at radius 2 is 1.73 bits per heavy atom. The van der Waals surface area contributed by atoms with Crippen LogP contribution in [0.25, 0.3) is 17.0 Å². The minimum atomic E-state index is 0.102. The summed E-state index contributed by atoms with van der Waals surface area (Å²) >= 11 is 0. The summed E-state index contributed by atoms with van der Waals surface area (Å²) in [7, 11) is 0. The van der Waals surface area contributed by atoms with Crippen molar-refractivity contribution in [2.24, 2.45) is 0 Å². The highest BCUT2D eigenvalue weighted by Crippen LogP contribution is 2.33. The average Bonchev–Trinajstić information content (AvgIpc) is 3.54. The second-order valence-corrected chi connectivity index (χ2v) is 11.0. The predicted octanol–water partition coefficient (Wildman–Crippen LogP) is 5.12. The number of amides is 1. The largest absolute Gasteiger partial charge is 0.454 e. The lowest BCUT2D eigenvalue weighted by Crippen LogP contribution is -2.48. The van der Waals surface area contributed by atoms with Crippen LogP contribution in [0.1, 0.15) is 42.7 Å². The molecule has 214 valence electrons. The van der Waals surface area contributed by atoms with Gasteiger partial charge in [0.15, 0.2) is 11.5 Å². The Bertz CT molecular complexity index is 1350. The van der Waals surface area contributed by atoms with E-state index in [9.17, 15) is 4.79 Å². The fourth-order valence-corrected chi connectivity index (χ4v) is 5.95. The molecule has 0 radical (unpaired) electrons. The number of fused-ring (bicyclic) bond motifs is 2. The molecule has 2 aliphatic heterocycles. The van der Waals surface area contributed by atoms with Gasteiger partial charge in [-0.1, -0.05) is 31.5 Å². The fraction of sp³-hybridized carbons (Fsp3) is 0.485. The van der Waals surface area contributed by atoms with E-state index in [1.165, 1.54) is 27.7 Å². The molecule has 0 aliphatic carbocycles. The molecular formula is C33H44N4O3. The third-order valence-corrected chi connectivity index (χ3v) is 8.51. The van der Waals surface area contributed by atoms with E-state index in [1.54, 1.807) is 6.08 Å². The van der Waals surface area contributed by atoms with Crippen molar-refractivity contribution >= 4 is 22.9 Å². The first kappa shape index (κ1) is 28.2. The zero-order chi connectivity index (χ0) is 28.1. The maximum atomic E-state index is 13.2. The standard InChI is InChI=1S/C33H44N4O3/c1-5-34(6-2)15-7-16-37-26(4)28(29-22-25(3)8-11-30(29)37)10-13-33(38)36-20-18-35(19-21-36)17-14-27-9-12-31-32(23-27)40-24-39-31/h8-13,22-23H,5-7,14-21,24H2,1-4H3/b13-10+. The molecule has 40 heavy (non-hydrogen) atoms. The van der Waals surface area contributed by atoms with Crippen molar-refractivity contribution in [1.82, 2.24) is 19.3 Å². The Kier molecular flexibility index (Phi) is 9.12. The predicted molar refractivity (Wildman–Crippen MR) is 162 cm³/mol. The van der Waals surface area contributed by atoms with Crippen LogP contribution in [0.4, 0.5) is 0 Å². The van der Waals surface area contributed by atoms with Crippen molar-refractivity contribution in [3.05, 3.63) is 64.9 Å². The number of aryl methyl sites for hydroxylation is 2. The van der Waals surface area contributed by atoms with Crippen LogP contribution in [-0.4, -0.2) is 84.3 Å². The Hall–Kier alpha value is -3.29. The van der Waals surface area contributed by atoms with Crippen LogP contribution in [0.2, 0.25) is 0 Å². The summed E-state index contributed by atoms with van der Waals surface area (Å²) < 4.78 is 13.4. The van der Waals surface area contributed by atoms with Crippen LogP contribution in [0.5, 0.6) is 11.5 Å². The number of benzene rings is 2. The highest BCUT2D eigenvalue weighted by atomic mass is 16.7. The summed E-state index contributed by atoms with van der Waals surface area (Å²) in [6.45, 7) is 17.6. The maximum absolute atomic E-state index is 13.2. The highest BCUT2D eigenvalue weighted by molar-refractivity contribution is 5.97. The molecule has 0 atom stereocenters. The van der Waals surface area contributed by atoms with Crippen LogP contribution >= 0.6 is 0 Å². The lowest BCUT2D eigenvalue weighted by Gasteiger charge is -2.34. The minimum Gasteiger partial charge on any atom is -0.454 e. The molecule has 0 saturated carbocycles. The minimum absolute atomic E-state index is 0.102. The number of nitrogens with zero attached hydrogens (tertiary/aromatic N) is 4. The zero-order valence-electron chi connectivity index (χ0n) is 24.6. The summed E-state index contributed by atoms with van der Waals surface area (Å²) in [4.78, 5) is 20.1. The third kappa shape index (κ3) is 6.37. The van der Waals surface area contributed by atoms with Gasteiger partial charge in [-0.05, 0) is 82.2 Å². The van der Waals surface area contributed by atoms with Gasteiger partial charge in [-0.25, -0.2) is 0 Å². The lowest BCUT2D eigenvalue weighted by molar-refractivity contribution is -0.127.